The molecule has 0 aliphatic heterocycles. The van der Waals surface area contributed by atoms with Crippen molar-refractivity contribution in [3.8, 4) is 0 Å². The first kappa shape index (κ1) is 14.7. The maximum absolute atomic E-state index is 12.1. The number of carboxylic acids is 1. The molecule has 0 bridgehead atoms. The van der Waals surface area contributed by atoms with E-state index in [4.69, 9.17) is 9.84 Å². The SMILES string of the molecule is COCCN(CC(=O)O)C(=O)c1cccc(Br)c1. The third kappa shape index (κ3) is 4.46. The molecule has 6 heteroatoms. The van der Waals surface area contributed by atoms with E-state index in [-0.39, 0.29) is 19.0 Å². The Hall–Kier alpha value is -1.40. The van der Waals surface area contributed by atoms with Gasteiger partial charge in [0.25, 0.3) is 5.91 Å². The number of hydrogen-bond acceptors (Lipinski definition) is 3. The van der Waals surface area contributed by atoms with E-state index in [2.05, 4.69) is 15.9 Å². The van der Waals surface area contributed by atoms with Gasteiger partial charge in [-0.15, -0.1) is 0 Å². The number of rotatable bonds is 6. The van der Waals surface area contributed by atoms with Crippen LogP contribution in [-0.4, -0.2) is 48.7 Å². The predicted molar refractivity (Wildman–Crippen MR) is 69.6 cm³/mol. The zero-order valence-electron chi connectivity index (χ0n) is 9.93. The van der Waals surface area contributed by atoms with Gasteiger partial charge in [0, 0.05) is 23.7 Å². The van der Waals surface area contributed by atoms with Crippen LogP contribution in [0.4, 0.5) is 0 Å². The molecule has 1 rings (SSSR count). The van der Waals surface area contributed by atoms with Crippen molar-refractivity contribution in [3.63, 3.8) is 0 Å². The number of methoxy groups -OCH3 is 1. The smallest absolute Gasteiger partial charge is 0.323 e. The first-order valence-electron chi connectivity index (χ1n) is 5.30. The predicted octanol–water partition coefficient (Wildman–Crippen LogP) is 1.62. The molecular weight excluding hydrogens is 302 g/mol. The van der Waals surface area contributed by atoms with Gasteiger partial charge >= 0.3 is 5.97 Å². The summed E-state index contributed by atoms with van der Waals surface area (Å²) in [5, 5.41) is 8.79. The molecule has 98 valence electrons. The topological polar surface area (TPSA) is 66.8 Å². The Balaban J connectivity index is 2.83. The molecule has 0 atom stereocenters. The second-order valence-corrected chi connectivity index (χ2v) is 4.54. The minimum atomic E-state index is -1.05. The number of carboxylic acid groups (broad SMARTS) is 1. The molecule has 0 aliphatic rings. The lowest BCUT2D eigenvalue weighted by molar-refractivity contribution is -0.137. The summed E-state index contributed by atoms with van der Waals surface area (Å²) >= 11 is 3.27. The van der Waals surface area contributed by atoms with Crippen molar-refractivity contribution in [2.24, 2.45) is 0 Å². The van der Waals surface area contributed by atoms with Gasteiger partial charge in [-0.1, -0.05) is 22.0 Å². The van der Waals surface area contributed by atoms with Crippen LogP contribution in [0.1, 0.15) is 10.4 Å². The number of aliphatic carboxylic acids is 1. The Kier molecular flexibility index (Phi) is 5.80. The molecule has 18 heavy (non-hydrogen) atoms. The molecule has 1 amide bonds. The van der Waals surface area contributed by atoms with Crippen molar-refractivity contribution >= 4 is 27.8 Å². The lowest BCUT2D eigenvalue weighted by Gasteiger charge is -2.20. The second-order valence-electron chi connectivity index (χ2n) is 3.62. The van der Waals surface area contributed by atoms with Crippen LogP contribution in [0.25, 0.3) is 0 Å². The highest BCUT2D eigenvalue weighted by atomic mass is 79.9. The fraction of sp³-hybridized carbons (Fsp3) is 0.333. The Morgan fingerprint density at radius 2 is 2.17 bits per heavy atom. The quantitative estimate of drug-likeness (QED) is 0.866. The van der Waals surface area contributed by atoms with Gasteiger partial charge in [-0.25, -0.2) is 0 Å². The number of amides is 1. The van der Waals surface area contributed by atoms with Crippen LogP contribution in [0.2, 0.25) is 0 Å². The highest BCUT2D eigenvalue weighted by Crippen LogP contribution is 2.13. The van der Waals surface area contributed by atoms with Crippen molar-refractivity contribution < 1.29 is 19.4 Å². The molecular formula is C12H14BrNO4. The molecule has 0 spiro atoms. The molecule has 0 saturated heterocycles. The number of benzene rings is 1. The molecule has 1 N–H and O–H groups in total. The van der Waals surface area contributed by atoms with E-state index in [1.807, 2.05) is 0 Å². The summed E-state index contributed by atoms with van der Waals surface area (Å²) in [6.45, 7) is 0.204. The zero-order valence-corrected chi connectivity index (χ0v) is 11.5. The molecule has 0 fully saturated rings. The number of hydrogen-bond donors (Lipinski definition) is 1. The summed E-state index contributed by atoms with van der Waals surface area (Å²) in [7, 11) is 1.50. The largest absolute Gasteiger partial charge is 0.480 e. The van der Waals surface area contributed by atoms with Gasteiger partial charge in [0.15, 0.2) is 0 Å². The first-order valence-corrected chi connectivity index (χ1v) is 6.09. The average molecular weight is 316 g/mol. The molecule has 0 heterocycles. The fourth-order valence-electron chi connectivity index (χ4n) is 1.42. The normalized spacial score (nSPS) is 10.1. The highest BCUT2D eigenvalue weighted by molar-refractivity contribution is 9.10. The van der Waals surface area contributed by atoms with E-state index in [0.29, 0.717) is 12.2 Å². The summed E-state index contributed by atoms with van der Waals surface area (Å²) in [6, 6.07) is 6.83. The van der Waals surface area contributed by atoms with E-state index in [9.17, 15) is 9.59 Å². The van der Waals surface area contributed by atoms with Crippen LogP contribution in [0.5, 0.6) is 0 Å². The first-order chi connectivity index (χ1) is 8.54. The number of nitrogens with zero attached hydrogens (tertiary/aromatic N) is 1. The number of ether oxygens (including phenoxy) is 1. The van der Waals surface area contributed by atoms with Crippen LogP contribution in [0, 0.1) is 0 Å². The van der Waals surface area contributed by atoms with Crippen molar-refractivity contribution in [2.75, 3.05) is 26.8 Å². The van der Waals surface area contributed by atoms with E-state index >= 15 is 0 Å². The Morgan fingerprint density at radius 3 is 2.72 bits per heavy atom. The summed E-state index contributed by atoms with van der Waals surface area (Å²) in [5.74, 6) is -1.37. The van der Waals surface area contributed by atoms with Crippen LogP contribution >= 0.6 is 15.9 Å². The van der Waals surface area contributed by atoms with Gasteiger partial charge < -0.3 is 14.7 Å². The number of halogens is 1. The summed E-state index contributed by atoms with van der Waals surface area (Å²) in [5.41, 5.74) is 0.446. The van der Waals surface area contributed by atoms with Crippen molar-refractivity contribution in [3.05, 3.63) is 34.3 Å². The third-order valence-electron chi connectivity index (χ3n) is 2.25. The third-order valence-corrected chi connectivity index (χ3v) is 2.74. The molecule has 0 unspecified atom stereocenters. The molecule has 1 aromatic carbocycles. The van der Waals surface area contributed by atoms with Gasteiger partial charge in [-0.05, 0) is 18.2 Å². The van der Waals surface area contributed by atoms with Crippen molar-refractivity contribution in [1.82, 2.24) is 4.90 Å². The lowest BCUT2D eigenvalue weighted by Crippen LogP contribution is -2.38. The van der Waals surface area contributed by atoms with Gasteiger partial charge in [0.1, 0.15) is 6.54 Å². The molecule has 0 radical (unpaired) electrons. The Morgan fingerprint density at radius 1 is 1.44 bits per heavy atom. The van der Waals surface area contributed by atoms with Crippen molar-refractivity contribution in [1.29, 1.82) is 0 Å². The Labute approximate surface area is 113 Å². The lowest BCUT2D eigenvalue weighted by atomic mass is 10.2. The van der Waals surface area contributed by atoms with Crippen LogP contribution in [0.3, 0.4) is 0 Å². The molecule has 0 aliphatic carbocycles. The van der Waals surface area contributed by atoms with Gasteiger partial charge in [0.05, 0.1) is 6.61 Å². The van der Waals surface area contributed by atoms with E-state index in [1.165, 1.54) is 12.0 Å². The minimum absolute atomic E-state index is 0.244. The highest BCUT2D eigenvalue weighted by Gasteiger charge is 2.18. The summed E-state index contributed by atoms with van der Waals surface area (Å²) < 4.78 is 5.64. The zero-order chi connectivity index (χ0) is 13.5. The minimum Gasteiger partial charge on any atom is -0.480 e. The summed E-state index contributed by atoms with van der Waals surface area (Å²) in [6.07, 6.45) is 0. The van der Waals surface area contributed by atoms with Crippen LogP contribution < -0.4 is 0 Å². The van der Waals surface area contributed by atoms with E-state index in [1.54, 1.807) is 24.3 Å². The van der Waals surface area contributed by atoms with Gasteiger partial charge in [-0.3, -0.25) is 9.59 Å². The average Bonchev–Trinajstić information content (AvgIpc) is 2.33. The molecule has 0 saturated carbocycles. The Bertz CT molecular complexity index is 436. The monoisotopic (exact) mass is 315 g/mol. The van der Waals surface area contributed by atoms with Crippen LogP contribution in [0.15, 0.2) is 28.7 Å². The maximum Gasteiger partial charge on any atom is 0.323 e. The second kappa shape index (κ2) is 7.13. The van der Waals surface area contributed by atoms with Crippen molar-refractivity contribution in [2.45, 2.75) is 0 Å². The summed E-state index contributed by atoms with van der Waals surface area (Å²) in [4.78, 5) is 24.1. The van der Waals surface area contributed by atoms with E-state index < -0.39 is 5.97 Å². The van der Waals surface area contributed by atoms with Gasteiger partial charge in [0.2, 0.25) is 0 Å². The fourth-order valence-corrected chi connectivity index (χ4v) is 1.82. The number of carbonyl (C=O) groups is 2. The molecule has 5 nitrogen and oxygen atoms in total. The van der Waals surface area contributed by atoms with E-state index in [0.717, 1.165) is 4.47 Å². The standard InChI is InChI=1S/C12H14BrNO4/c1-18-6-5-14(8-11(15)16)12(17)9-3-2-4-10(13)7-9/h2-4,7H,5-6,8H2,1H3,(H,15,16). The number of carbonyl (C=O) groups excluding carboxylic acids is 1. The maximum atomic E-state index is 12.1. The van der Waals surface area contributed by atoms with Crippen LogP contribution in [-0.2, 0) is 9.53 Å². The molecule has 0 aromatic heterocycles. The molecule has 1 aromatic rings. The van der Waals surface area contributed by atoms with Gasteiger partial charge in [-0.2, -0.15) is 0 Å².